The number of amides is 1. The molecule has 1 fully saturated rings. The first-order valence-electron chi connectivity index (χ1n) is 12.5. The molecule has 1 atom stereocenters. The van der Waals surface area contributed by atoms with Gasteiger partial charge >= 0.3 is 0 Å². The molecule has 0 aromatic heterocycles. The van der Waals surface area contributed by atoms with Crippen LogP contribution in [0.25, 0.3) is 0 Å². The molecule has 0 spiro atoms. The van der Waals surface area contributed by atoms with Crippen molar-refractivity contribution in [3.05, 3.63) is 95.0 Å². The van der Waals surface area contributed by atoms with E-state index in [0.717, 1.165) is 16.8 Å². The maximum atomic E-state index is 13.0. The monoisotopic (exact) mass is 598 g/mol. The van der Waals surface area contributed by atoms with Crippen molar-refractivity contribution < 1.29 is 22.7 Å². The van der Waals surface area contributed by atoms with E-state index in [1.807, 2.05) is 42.5 Å². The third-order valence-electron chi connectivity index (χ3n) is 6.33. The molecule has 9 nitrogen and oxygen atoms in total. The van der Waals surface area contributed by atoms with E-state index in [0.29, 0.717) is 17.3 Å². The fourth-order valence-corrected chi connectivity index (χ4v) is 6.33. The Hall–Kier alpha value is -3.22. The zero-order chi connectivity index (χ0) is 28.3. The van der Waals surface area contributed by atoms with Crippen LogP contribution in [0.4, 0.5) is 5.69 Å². The molecule has 208 valence electrons. The lowest BCUT2D eigenvalue weighted by atomic mass is 9.90. The van der Waals surface area contributed by atoms with Crippen molar-refractivity contribution in [2.75, 3.05) is 18.1 Å². The van der Waals surface area contributed by atoms with Gasteiger partial charge < -0.3 is 14.8 Å². The summed E-state index contributed by atoms with van der Waals surface area (Å²) < 4.78 is 40.8. The minimum absolute atomic E-state index is 0.0500. The number of sulfonamides is 1. The zero-order valence-corrected chi connectivity index (χ0v) is 24.1. The first kappa shape index (κ1) is 28.3. The molecule has 2 aliphatic heterocycles. The average Bonchev–Trinajstić information content (AvgIpc) is 3.37. The highest BCUT2D eigenvalue weighted by Gasteiger charge is 2.32. The summed E-state index contributed by atoms with van der Waals surface area (Å²) in [7, 11) is -3.98. The first-order chi connectivity index (χ1) is 19.2. The fraction of sp³-hybridized carbons (Fsp3) is 0.250. The second-order valence-corrected chi connectivity index (χ2v) is 12.0. The van der Waals surface area contributed by atoms with Crippen LogP contribution >= 0.6 is 23.4 Å². The van der Waals surface area contributed by atoms with Crippen molar-refractivity contribution in [3.8, 4) is 0 Å². The first-order valence-corrected chi connectivity index (χ1v) is 15.5. The Morgan fingerprint density at radius 3 is 2.38 bits per heavy atom. The van der Waals surface area contributed by atoms with E-state index in [1.54, 1.807) is 30.3 Å². The highest BCUT2D eigenvalue weighted by Crippen LogP contribution is 2.31. The molecular formula is C28H27ClN4O5S2. The Labute approximate surface area is 242 Å². The maximum Gasteiger partial charge on any atom is 0.284 e. The number of hydrogen-bond donors (Lipinski definition) is 1. The van der Waals surface area contributed by atoms with Crippen LogP contribution < -0.4 is 5.32 Å². The summed E-state index contributed by atoms with van der Waals surface area (Å²) in [5.41, 5.74) is 3.28. The van der Waals surface area contributed by atoms with Gasteiger partial charge in [0.05, 0.1) is 23.6 Å². The van der Waals surface area contributed by atoms with Crippen LogP contribution in [-0.2, 0) is 24.3 Å². The Morgan fingerprint density at radius 1 is 1.07 bits per heavy atom. The normalized spacial score (nSPS) is 21.1. The van der Waals surface area contributed by atoms with Crippen molar-refractivity contribution >= 4 is 55.9 Å². The smallest absolute Gasteiger partial charge is 0.284 e. The average molecular weight is 599 g/mol. The van der Waals surface area contributed by atoms with Crippen molar-refractivity contribution in [1.29, 1.82) is 0 Å². The molecule has 12 heteroatoms. The van der Waals surface area contributed by atoms with E-state index >= 15 is 0 Å². The summed E-state index contributed by atoms with van der Waals surface area (Å²) >= 11 is 7.13. The number of amidine groups is 1. The number of nitrogens with zero attached hydrogens (tertiary/aromatic N) is 3. The number of benzene rings is 3. The number of nitrogens with one attached hydrogen (secondary N) is 1. The van der Waals surface area contributed by atoms with Crippen molar-refractivity contribution in [1.82, 2.24) is 5.01 Å². The van der Waals surface area contributed by atoms with Crippen LogP contribution in [0.3, 0.4) is 0 Å². The van der Waals surface area contributed by atoms with Crippen LogP contribution in [0, 0.1) is 0 Å². The molecular weight excluding hydrogens is 572 g/mol. The molecule has 5 rings (SSSR count). The molecule has 0 aliphatic carbocycles. The molecule has 3 aromatic carbocycles. The van der Waals surface area contributed by atoms with Gasteiger partial charge in [0, 0.05) is 16.6 Å². The highest BCUT2D eigenvalue weighted by molar-refractivity contribution is 8.13. The Kier molecular flexibility index (Phi) is 8.57. The van der Waals surface area contributed by atoms with Crippen LogP contribution in [0.15, 0.2) is 93.3 Å². The molecule has 1 unspecified atom stereocenters. The number of halogens is 1. The van der Waals surface area contributed by atoms with E-state index in [-0.39, 0.29) is 34.6 Å². The van der Waals surface area contributed by atoms with E-state index < -0.39 is 16.3 Å². The van der Waals surface area contributed by atoms with Gasteiger partial charge in [-0.05, 0) is 60.7 Å². The van der Waals surface area contributed by atoms with E-state index in [9.17, 15) is 13.2 Å². The van der Waals surface area contributed by atoms with Gasteiger partial charge in [-0.25, -0.2) is 5.01 Å². The highest BCUT2D eigenvalue weighted by atomic mass is 35.5. The van der Waals surface area contributed by atoms with Crippen molar-refractivity contribution in [2.45, 2.75) is 36.7 Å². The molecule has 2 heterocycles. The molecule has 40 heavy (non-hydrogen) atoms. The number of carbonyl (C=O) groups excluding carboxylic acids is 1. The summed E-state index contributed by atoms with van der Waals surface area (Å²) in [6.07, 6.45) is 1.07. The molecule has 2 aliphatic rings. The van der Waals surface area contributed by atoms with Crippen LogP contribution in [-0.4, -0.2) is 55.6 Å². The van der Waals surface area contributed by atoms with Crippen molar-refractivity contribution in [2.24, 2.45) is 9.50 Å². The van der Waals surface area contributed by atoms with Crippen LogP contribution in [0.5, 0.6) is 0 Å². The second-order valence-electron chi connectivity index (χ2n) is 9.14. The van der Waals surface area contributed by atoms with Gasteiger partial charge in [0.2, 0.25) is 5.91 Å². The summed E-state index contributed by atoms with van der Waals surface area (Å²) in [4.78, 5) is 12.4. The largest absolute Gasteiger partial charge is 0.326 e. The molecule has 0 radical (unpaired) electrons. The number of anilines is 1. The van der Waals surface area contributed by atoms with E-state index in [2.05, 4.69) is 9.71 Å². The Balaban J connectivity index is 1.40. The summed E-state index contributed by atoms with van der Waals surface area (Å²) in [5, 5.41) is 10.00. The lowest BCUT2D eigenvalue weighted by molar-refractivity contribution is -0.373. The van der Waals surface area contributed by atoms with Gasteiger partial charge in [0.15, 0.2) is 17.7 Å². The Bertz CT molecular complexity index is 1530. The van der Waals surface area contributed by atoms with Gasteiger partial charge in [-0.15, -0.1) is 4.40 Å². The Morgan fingerprint density at radius 2 is 1.75 bits per heavy atom. The van der Waals surface area contributed by atoms with Crippen LogP contribution in [0.1, 0.15) is 30.4 Å². The number of hydrazone groups is 1. The van der Waals surface area contributed by atoms with Gasteiger partial charge in [-0.2, -0.15) is 13.5 Å². The SMILES string of the molecule is CS/C(=N\S(=O)(=O)c1ccc(Cl)cc1)N1CC(c2ccccc2)C(c2ccc(NC(=O)CC3OC(C)O3)cc2)=N1. The zero-order valence-electron chi connectivity index (χ0n) is 21.7. The number of hydrogen-bond acceptors (Lipinski definition) is 7. The number of rotatable bonds is 7. The quantitative estimate of drug-likeness (QED) is 0.290. The van der Waals surface area contributed by atoms with E-state index in [1.165, 1.54) is 36.0 Å². The van der Waals surface area contributed by atoms with Crippen LogP contribution in [0.2, 0.25) is 5.02 Å². The summed E-state index contributed by atoms with van der Waals surface area (Å²) in [6, 6.07) is 23.2. The van der Waals surface area contributed by atoms with E-state index in [4.69, 9.17) is 26.2 Å². The third-order valence-corrected chi connectivity index (χ3v) is 8.65. The molecule has 1 amide bonds. The fourth-order valence-electron chi connectivity index (χ4n) is 4.40. The third kappa shape index (κ3) is 6.56. The predicted octanol–water partition coefficient (Wildman–Crippen LogP) is 5.30. The second kappa shape index (κ2) is 12.1. The number of carbonyl (C=O) groups is 1. The standard InChI is InChI=1S/C28H27ClN4O5S2/c1-18-37-26(38-18)16-25(34)30-22-12-8-20(9-13-22)27-24(19-6-4-3-5-7-19)17-33(31-27)28(39-2)32-40(35,36)23-14-10-21(29)11-15-23/h3-15,18,24,26H,16-17H2,1-2H3,(H,30,34)/b32-28-. The molecule has 3 aromatic rings. The van der Waals surface area contributed by atoms with Gasteiger partial charge in [0.1, 0.15) is 0 Å². The number of thioether (sulfide) groups is 1. The maximum absolute atomic E-state index is 13.0. The predicted molar refractivity (Wildman–Crippen MR) is 157 cm³/mol. The minimum Gasteiger partial charge on any atom is -0.326 e. The molecule has 1 N–H and O–H groups in total. The van der Waals surface area contributed by atoms with Gasteiger partial charge in [-0.3, -0.25) is 4.79 Å². The molecule has 1 saturated heterocycles. The summed E-state index contributed by atoms with van der Waals surface area (Å²) in [6.45, 7) is 2.18. The van der Waals surface area contributed by atoms with Gasteiger partial charge in [-0.1, -0.05) is 65.8 Å². The number of ether oxygens (including phenoxy) is 2. The molecule has 0 saturated carbocycles. The lowest BCUT2D eigenvalue weighted by Gasteiger charge is -2.33. The summed E-state index contributed by atoms with van der Waals surface area (Å²) in [5.74, 6) is -0.342. The topological polar surface area (TPSA) is 110 Å². The lowest BCUT2D eigenvalue weighted by Crippen LogP contribution is -2.41. The minimum atomic E-state index is -3.98. The van der Waals surface area contributed by atoms with Crippen molar-refractivity contribution in [3.63, 3.8) is 0 Å². The molecule has 0 bridgehead atoms. The van der Waals surface area contributed by atoms with Gasteiger partial charge in [0.25, 0.3) is 10.0 Å².